The molecule has 29 heavy (non-hydrogen) atoms. The molecule has 0 aliphatic carbocycles. The summed E-state index contributed by atoms with van der Waals surface area (Å²) in [6, 6.07) is 17.6. The molecule has 6 heteroatoms. The van der Waals surface area contributed by atoms with E-state index < -0.39 is 0 Å². The van der Waals surface area contributed by atoms with Crippen molar-refractivity contribution in [3.63, 3.8) is 0 Å². The van der Waals surface area contributed by atoms with E-state index in [1.54, 1.807) is 6.20 Å². The van der Waals surface area contributed by atoms with Crippen molar-refractivity contribution in [2.75, 3.05) is 10.6 Å². The fourth-order valence-corrected chi connectivity index (χ4v) is 2.99. The van der Waals surface area contributed by atoms with Crippen LogP contribution in [-0.4, -0.2) is 20.9 Å². The van der Waals surface area contributed by atoms with E-state index in [0.717, 1.165) is 16.6 Å². The van der Waals surface area contributed by atoms with Gasteiger partial charge >= 0.3 is 0 Å². The molecule has 0 fully saturated rings. The number of rotatable bonds is 5. The molecule has 0 radical (unpaired) electrons. The zero-order chi connectivity index (χ0) is 20.2. The molecule has 0 unspecified atom stereocenters. The molecule has 0 saturated carbocycles. The number of hydrogen-bond acceptors (Lipinski definition) is 5. The molecule has 2 aromatic heterocycles. The summed E-state index contributed by atoms with van der Waals surface area (Å²) in [5, 5.41) is 6.99. The van der Waals surface area contributed by atoms with Gasteiger partial charge in [-0.3, -0.25) is 9.78 Å². The van der Waals surface area contributed by atoms with Crippen molar-refractivity contribution in [1.82, 2.24) is 15.0 Å². The molecule has 2 N–H and O–H groups in total. The lowest BCUT2D eigenvalue weighted by Gasteiger charge is -2.09. The number of carbonyl (C=O) groups is 1. The molecular weight excluding hydrogens is 362 g/mol. The van der Waals surface area contributed by atoms with E-state index in [4.69, 9.17) is 0 Å². The van der Waals surface area contributed by atoms with Crippen LogP contribution in [0.1, 0.15) is 35.7 Å². The third-order valence-corrected chi connectivity index (χ3v) is 4.63. The van der Waals surface area contributed by atoms with E-state index in [1.165, 1.54) is 18.0 Å². The van der Waals surface area contributed by atoms with Crippen LogP contribution in [0.3, 0.4) is 0 Å². The summed E-state index contributed by atoms with van der Waals surface area (Å²) in [5.41, 5.74) is 3.94. The zero-order valence-corrected chi connectivity index (χ0v) is 16.3. The van der Waals surface area contributed by atoms with E-state index in [2.05, 4.69) is 51.6 Å². The van der Waals surface area contributed by atoms with Crippen molar-refractivity contribution < 1.29 is 4.79 Å². The lowest BCUT2D eigenvalue weighted by atomic mass is 10.0. The predicted molar refractivity (Wildman–Crippen MR) is 116 cm³/mol. The second-order valence-corrected chi connectivity index (χ2v) is 7.03. The number of anilines is 3. The Morgan fingerprint density at radius 1 is 0.897 bits per heavy atom. The maximum absolute atomic E-state index is 12.6. The average molecular weight is 383 g/mol. The summed E-state index contributed by atoms with van der Waals surface area (Å²) in [7, 11) is 0. The van der Waals surface area contributed by atoms with E-state index in [1.807, 2.05) is 42.5 Å². The van der Waals surface area contributed by atoms with Crippen LogP contribution in [-0.2, 0) is 0 Å². The molecule has 0 bridgehead atoms. The molecule has 4 aromatic rings. The number of fused-ring (bicyclic) bond motifs is 1. The highest BCUT2D eigenvalue weighted by Gasteiger charge is 2.10. The van der Waals surface area contributed by atoms with Gasteiger partial charge in [0.25, 0.3) is 5.91 Å². The number of pyridine rings is 1. The van der Waals surface area contributed by atoms with Crippen LogP contribution in [0.5, 0.6) is 0 Å². The summed E-state index contributed by atoms with van der Waals surface area (Å²) < 4.78 is 0. The summed E-state index contributed by atoms with van der Waals surface area (Å²) in [4.78, 5) is 25.5. The average Bonchev–Trinajstić information content (AvgIpc) is 2.75. The van der Waals surface area contributed by atoms with Crippen molar-refractivity contribution in [3.8, 4) is 0 Å². The van der Waals surface area contributed by atoms with Crippen LogP contribution >= 0.6 is 0 Å². The number of hydrogen-bond donors (Lipinski definition) is 2. The molecule has 1 amide bonds. The minimum Gasteiger partial charge on any atom is -0.324 e. The predicted octanol–water partition coefficient (Wildman–Crippen LogP) is 5.14. The molecule has 6 nitrogen and oxygen atoms in total. The Bertz CT molecular complexity index is 1130. The fraction of sp³-hybridized carbons (Fsp3) is 0.130. The van der Waals surface area contributed by atoms with Crippen molar-refractivity contribution in [3.05, 3.63) is 84.3 Å². The standard InChI is InChI=1S/C23H21N5O/c1-15(2)16-8-10-19(11-9-16)27-23-25-13-18(14-26-23)22(29)28-20-7-3-5-17-6-4-12-24-21(17)20/h3-15H,1-2H3,(H,28,29)(H,25,26,27). The SMILES string of the molecule is CC(C)c1ccc(Nc2ncc(C(=O)Nc3cccc4cccnc34)cn2)cc1. The van der Waals surface area contributed by atoms with Crippen molar-refractivity contribution >= 4 is 34.1 Å². The molecule has 0 aliphatic heterocycles. The van der Waals surface area contributed by atoms with Gasteiger partial charge in [-0.15, -0.1) is 0 Å². The lowest BCUT2D eigenvalue weighted by molar-refractivity contribution is 0.102. The van der Waals surface area contributed by atoms with Crippen LogP contribution in [0.4, 0.5) is 17.3 Å². The highest BCUT2D eigenvalue weighted by molar-refractivity contribution is 6.08. The monoisotopic (exact) mass is 383 g/mol. The molecule has 0 atom stereocenters. The number of carbonyl (C=O) groups excluding carboxylic acids is 1. The Kier molecular flexibility index (Phi) is 5.16. The van der Waals surface area contributed by atoms with Gasteiger partial charge in [0.15, 0.2) is 0 Å². The van der Waals surface area contributed by atoms with Gasteiger partial charge in [0.05, 0.1) is 16.8 Å². The maximum atomic E-state index is 12.6. The highest BCUT2D eigenvalue weighted by atomic mass is 16.1. The second kappa shape index (κ2) is 8.06. The quantitative estimate of drug-likeness (QED) is 0.498. The normalized spacial score (nSPS) is 10.9. The van der Waals surface area contributed by atoms with Gasteiger partial charge in [0.2, 0.25) is 5.95 Å². The summed E-state index contributed by atoms with van der Waals surface area (Å²) in [6.07, 6.45) is 4.71. The van der Waals surface area contributed by atoms with Gasteiger partial charge in [-0.1, -0.05) is 44.2 Å². The van der Waals surface area contributed by atoms with Gasteiger partial charge in [-0.05, 0) is 35.7 Å². The number of nitrogens with one attached hydrogen (secondary N) is 2. The zero-order valence-electron chi connectivity index (χ0n) is 16.3. The first-order valence-corrected chi connectivity index (χ1v) is 9.44. The molecule has 2 aromatic carbocycles. The summed E-state index contributed by atoms with van der Waals surface area (Å²) in [5.74, 6) is 0.636. The van der Waals surface area contributed by atoms with E-state index in [9.17, 15) is 4.79 Å². The second-order valence-electron chi connectivity index (χ2n) is 7.03. The third kappa shape index (κ3) is 4.21. The Labute approximate surface area is 169 Å². The number of para-hydroxylation sites is 1. The topological polar surface area (TPSA) is 79.8 Å². The molecular formula is C23H21N5O. The van der Waals surface area contributed by atoms with Gasteiger partial charge in [0.1, 0.15) is 0 Å². The fourth-order valence-electron chi connectivity index (χ4n) is 2.99. The van der Waals surface area contributed by atoms with Crippen LogP contribution < -0.4 is 10.6 Å². The van der Waals surface area contributed by atoms with Crippen LogP contribution in [0.15, 0.2) is 73.2 Å². The molecule has 0 spiro atoms. The largest absolute Gasteiger partial charge is 0.324 e. The van der Waals surface area contributed by atoms with Crippen LogP contribution in [0.25, 0.3) is 10.9 Å². The molecule has 4 rings (SSSR count). The van der Waals surface area contributed by atoms with Crippen LogP contribution in [0.2, 0.25) is 0 Å². The Morgan fingerprint density at radius 2 is 1.62 bits per heavy atom. The third-order valence-electron chi connectivity index (χ3n) is 4.63. The summed E-state index contributed by atoms with van der Waals surface area (Å²) in [6.45, 7) is 4.31. The summed E-state index contributed by atoms with van der Waals surface area (Å²) >= 11 is 0. The molecule has 0 aliphatic rings. The first kappa shape index (κ1) is 18.6. The van der Waals surface area contributed by atoms with Crippen molar-refractivity contribution in [1.29, 1.82) is 0 Å². The number of nitrogens with zero attached hydrogens (tertiary/aromatic N) is 3. The van der Waals surface area contributed by atoms with Crippen LogP contribution in [0, 0.1) is 0 Å². The van der Waals surface area contributed by atoms with Crippen molar-refractivity contribution in [2.45, 2.75) is 19.8 Å². The Balaban J connectivity index is 1.46. The molecule has 2 heterocycles. The van der Waals surface area contributed by atoms with E-state index >= 15 is 0 Å². The van der Waals surface area contributed by atoms with Gasteiger partial charge < -0.3 is 10.6 Å². The maximum Gasteiger partial charge on any atom is 0.258 e. The smallest absolute Gasteiger partial charge is 0.258 e. The van der Waals surface area contributed by atoms with E-state index in [0.29, 0.717) is 23.1 Å². The number of aromatic nitrogens is 3. The Morgan fingerprint density at radius 3 is 2.34 bits per heavy atom. The van der Waals surface area contributed by atoms with Crippen molar-refractivity contribution in [2.24, 2.45) is 0 Å². The lowest BCUT2D eigenvalue weighted by Crippen LogP contribution is -2.13. The molecule has 0 saturated heterocycles. The van der Waals surface area contributed by atoms with E-state index in [-0.39, 0.29) is 5.91 Å². The minimum atomic E-state index is -0.281. The van der Waals surface area contributed by atoms with Gasteiger partial charge in [-0.2, -0.15) is 0 Å². The molecule has 144 valence electrons. The highest BCUT2D eigenvalue weighted by Crippen LogP contribution is 2.22. The number of benzene rings is 2. The minimum absolute atomic E-state index is 0.281. The number of amides is 1. The van der Waals surface area contributed by atoms with Gasteiger partial charge in [0, 0.05) is 29.7 Å². The Hall–Kier alpha value is -3.80. The first-order valence-electron chi connectivity index (χ1n) is 9.44. The first-order chi connectivity index (χ1) is 14.1. The van der Waals surface area contributed by atoms with Gasteiger partial charge in [-0.25, -0.2) is 9.97 Å².